The molecule has 0 N–H and O–H groups in total. The van der Waals surface area contributed by atoms with Crippen LogP contribution in [0, 0.1) is 5.82 Å². The van der Waals surface area contributed by atoms with E-state index in [0.29, 0.717) is 6.29 Å². The van der Waals surface area contributed by atoms with Crippen molar-refractivity contribution < 1.29 is 13.9 Å². The molecule has 2 nitrogen and oxygen atoms in total. The lowest BCUT2D eigenvalue weighted by Crippen LogP contribution is -2.06. The van der Waals surface area contributed by atoms with Crippen molar-refractivity contribution in [2.24, 2.45) is 0 Å². The minimum Gasteiger partial charge on any atom is -0.489 e. The van der Waals surface area contributed by atoms with Gasteiger partial charge in [0.1, 0.15) is 11.6 Å². The highest BCUT2D eigenvalue weighted by Gasteiger charge is 2.09. The van der Waals surface area contributed by atoms with Crippen molar-refractivity contribution in [3.63, 3.8) is 0 Å². The van der Waals surface area contributed by atoms with Crippen LogP contribution in [-0.4, -0.2) is 12.4 Å². The molecule has 1 rings (SSSR count). The summed E-state index contributed by atoms with van der Waals surface area (Å²) < 4.78 is 18.3. The number of aldehydes is 1. The van der Waals surface area contributed by atoms with Crippen LogP contribution in [0.25, 0.3) is 0 Å². The molecule has 0 aliphatic heterocycles. The molecule has 76 valence electrons. The summed E-state index contributed by atoms with van der Waals surface area (Å²) in [5.41, 5.74) is -0.0638. The Balaban J connectivity index is 3.08. The normalized spacial score (nSPS) is 10.4. The highest BCUT2D eigenvalue weighted by atomic mass is 35.5. The van der Waals surface area contributed by atoms with Crippen LogP contribution in [0.1, 0.15) is 24.2 Å². The SMILES string of the molecule is CC(C)Oc1cc(F)c(C=O)cc1Cl. The van der Waals surface area contributed by atoms with Gasteiger partial charge in [-0.2, -0.15) is 0 Å². The summed E-state index contributed by atoms with van der Waals surface area (Å²) in [7, 11) is 0. The van der Waals surface area contributed by atoms with Gasteiger partial charge >= 0.3 is 0 Å². The van der Waals surface area contributed by atoms with Crippen molar-refractivity contribution in [2.75, 3.05) is 0 Å². The predicted octanol–water partition coefficient (Wildman–Crippen LogP) is 3.08. The molecule has 1 aromatic carbocycles. The van der Waals surface area contributed by atoms with Crippen molar-refractivity contribution in [1.29, 1.82) is 0 Å². The molecule has 0 heterocycles. The second-order valence-corrected chi connectivity index (χ2v) is 3.50. The fraction of sp³-hybridized carbons (Fsp3) is 0.300. The third-order valence-corrected chi connectivity index (χ3v) is 1.84. The maximum absolute atomic E-state index is 13.1. The Bertz CT molecular complexity index is 350. The van der Waals surface area contributed by atoms with Gasteiger partial charge in [0.05, 0.1) is 16.7 Å². The molecule has 1 aromatic rings. The summed E-state index contributed by atoms with van der Waals surface area (Å²) in [5.74, 6) is -0.371. The second kappa shape index (κ2) is 4.42. The molecule has 0 aliphatic rings. The molecule has 0 aromatic heterocycles. The highest BCUT2D eigenvalue weighted by molar-refractivity contribution is 6.32. The molecular formula is C10H10ClFO2. The van der Waals surface area contributed by atoms with E-state index >= 15 is 0 Å². The topological polar surface area (TPSA) is 26.3 Å². The monoisotopic (exact) mass is 216 g/mol. The number of carbonyl (C=O) groups excluding carboxylic acids is 1. The zero-order chi connectivity index (χ0) is 10.7. The van der Waals surface area contributed by atoms with Crippen LogP contribution in [0.3, 0.4) is 0 Å². The van der Waals surface area contributed by atoms with Gasteiger partial charge in [0.2, 0.25) is 0 Å². The fourth-order valence-electron chi connectivity index (χ4n) is 0.979. The largest absolute Gasteiger partial charge is 0.489 e. The van der Waals surface area contributed by atoms with Gasteiger partial charge in [0, 0.05) is 6.07 Å². The van der Waals surface area contributed by atoms with E-state index in [2.05, 4.69) is 0 Å². The molecule has 0 spiro atoms. The van der Waals surface area contributed by atoms with Crippen LogP contribution < -0.4 is 4.74 Å². The molecule has 14 heavy (non-hydrogen) atoms. The van der Waals surface area contributed by atoms with E-state index in [1.165, 1.54) is 6.07 Å². The Kier molecular flexibility index (Phi) is 3.47. The number of rotatable bonds is 3. The lowest BCUT2D eigenvalue weighted by atomic mass is 10.2. The van der Waals surface area contributed by atoms with Crippen LogP contribution in [0.5, 0.6) is 5.75 Å². The average molecular weight is 217 g/mol. The maximum atomic E-state index is 13.1. The summed E-state index contributed by atoms with van der Waals surface area (Å²) in [5, 5.41) is 0.238. The zero-order valence-corrected chi connectivity index (χ0v) is 8.64. The van der Waals surface area contributed by atoms with Crippen molar-refractivity contribution >= 4 is 17.9 Å². The lowest BCUT2D eigenvalue weighted by Gasteiger charge is -2.11. The Morgan fingerprint density at radius 2 is 2.14 bits per heavy atom. The van der Waals surface area contributed by atoms with E-state index < -0.39 is 5.82 Å². The number of hydrogen-bond donors (Lipinski definition) is 0. The van der Waals surface area contributed by atoms with Crippen molar-refractivity contribution in [3.05, 3.63) is 28.5 Å². The van der Waals surface area contributed by atoms with Gasteiger partial charge in [-0.25, -0.2) is 4.39 Å². The Hall–Kier alpha value is -1.09. The maximum Gasteiger partial charge on any atom is 0.153 e. The first-order chi connectivity index (χ1) is 6.54. The first-order valence-corrected chi connectivity index (χ1v) is 4.53. The van der Waals surface area contributed by atoms with E-state index in [1.807, 2.05) is 13.8 Å². The summed E-state index contributed by atoms with van der Waals surface area (Å²) in [6, 6.07) is 2.37. The van der Waals surface area contributed by atoms with E-state index in [4.69, 9.17) is 16.3 Å². The number of benzene rings is 1. The minimum absolute atomic E-state index is 0.0638. The molecule has 0 aliphatic carbocycles. The first kappa shape index (κ1) is 11.0. The second-order valence-electron chi connectivity index (χ2n) is 3.09. The van der Waals surface area contributed by atoms with Crippen LogP contribution >= 0.6 is 11.6 Å². The van der Waals surface area contributed by atoms with E-state index in [1.54, 1.807) is 0 Å². The number of ether oxygens (including phenoxy) is 1. The van der Waals surface area contributed by atoms with Gasteiger partial charge < -0.3 is 4.74 Å². The van der Waals surface area contributed by atoms with Gasteiger partial charge in [-0.15, -0.1) is 0 Å². The quantitative estimate of drug-likeness (QED) is 0.726. The third-order valence-electron chi connectivity index (χ3n) is 1.54. The molecular weight excluding hydrogens is 207 g/mol. The van der Waals surface area contributed by atoms with Crippen molar-refractivity contribution in [2.45, 2.75) is 20.0 Å². The fourth-order valence-corrected chi connectivity index (χ4v) is 1.20. The van der Waals surface area contributed by atoms with Gasteiger partial charge in [-0.3, -0.25) is 4.79 Å². The standard InChI is InChI=1S/C10H10ClFO2/c1-6(2)14-10-4-9(12)7(5-13)3-8(10)11/h3-6H,1-2H3. The molecule has 0 bridgehead atoms. The summed E-state index contributed by atoms with van der Waals surface area (Å²) in [6.45, 7) is 3.61. The van der Waals surface area contributed by atoms with E-state index in [-0.39, 0.29) is 22.4 Å². The van der Waals surface area contributed by atoms with E-state index in [9.17, 15) is 9.18 Å². The molecule has 0 radical (unpaired) electrons. The zero-order valence-electron chi connectivity index (χ0n) is 7.88. The highest BCUT2D eigenvalue weighted by Crippen LogP contribution is 2.27. The van der Waals surface area contributed by atoms with Crippen molar-refractivity contribution in [3.8, 4) is 5.75 Å². The van der Waals surface area contributed by atoms with Gasteiger partial charge in [0.25, 0.3) is 0 Å². The molecule has 0 atom stereocenters. The van der Waals surface area contributed by atoms with Crippen LogP contribution in [0.4, 0.5) is 4.39 Å². The summed E-state index contributed by atoms with van der Waals surface area (Å²) in [4.78, 5) is 10.4. The molecule has 4 heteroatoms. The van der Waals surface area contributed by atoms with E-state index in [0.717, 1.165) is 6.07 Å². The van der Waals surface area contributed by atoms with Gasteiger partial charge in [-0.1, -0.05) is 11.6 Å². The average Bonchev–Trinajstić information content (AvgIpc) is 2.10. The van der Waals surface area contributed by atoms with Crippen LogP contribution in [-0.2, 0) is 0 Å². The Morgan fingerprint density at radius 1 is 1.50 bits per heavy atom. The van der Waals surface area contributed by atoms with Crippen molar-refractivity contribution in [1.82, 2.24) is 0 Å². The summed E-state index contributed by atoms with van der Waals surface area (Å²) >= 11 is 5.77. The van der Waals surface area contributed by atoms with Crippen LogP contribution in [0.2, 0.25) is 5.02 Å². The number of hydrogen-bond acceptors (Lipinski definition) is 2. The van der Waals surface area contributed by atoms with Gasteiger partial charge in [0.15, 0.2) is 6.29 Å². The van der Waals surface area contributed by atoms with Gasteiger partial charge in [-0.05, 0) is 19.9 Å². The number of carbonyl (C=O) groups is 1. The molecule has 0 unspecified atom stereocenters. The Labute approximate surface area is 86.6 Å². The third kappa shape index (κ3) is 2.45. The Morgan fingerprint density at radius 3 is 2.64 bits per heavy atom. The minimum atomic E-state index is -0.625. The molecule has 0 fully saturated rings. The molecule has 0 amide bonds. The van der Waals surface area contributed by atoms with Crippen LogP contribution in [0.15, 0.2) is 12.1 Å². The first-order valence-electron chi connectivity index (χ1n) is 4.15. The predicted molar refractivity (Wildman–Crippen MR) is 52.6 cm³/mol. The number of halogens is 2. The lowest BCUT2D eigenvalue weighted by molar-refractivity contribution is 0.111. The molecule has 0 saturated heterocycles. The smallest absolute Gasteiger partial charge is 0.153 e. The molecule has 0 saturated carbocycles. The summed E-state index contributed by atoms with van der Waals surface area (Å²) in [6.07, 6.45) is 0.328.